The third kappa shape index (κ3) is 2.77. The van der Waals surface area contributed by atoms with Gasteiger partial charge in [0.15, 0.2) is 0 Å². The van der Waals surface area contributed by atoms with Crippen LogP contribution in [0.15, 0.2) is 11.6 Å². The van der Waals surface area contributed by atoms with E-state index in [0.717, 1.165) is 12.8 Å². The second kappa shape index (κ2) is 4.89. The van der Waals surface area contributed by atoms with E-state index < -0.39 is 6.16 Å². The minimum Gasteiger partial charge on any atom is -0.450 e. The molecule has 3 nitrogen and oxygen atoms in total. The standard InChI is InChI=1S/C13H20O3/c14-12(15)16-10-11-5-4-8-13(9-11)6-2-1-3-7-13/h5H,1-4,6-10H2,(H,14,15). The van der Waals surface area contributed by atoms with Crippen molar-refractivity contribution in [3.8, 4) is 0 Å². The van der Waals surface area contributed by atoms with E-state index in [1.54, 1.807) is 0 Å². The Bertz CT molecular complexity index is 288. The zero-order valence-electron chi connectivity index (χ0n) is 9.71. The van der Waals surface area contributed by atoms with Crippen molar-refractivity contribution in [1.82, 2.24) is 0 Å². The molecule has 0 aromatic rings. The molecule has 2 aliphatic carbocycles. The first-order chi connectivity index (χ1) is 7.70. The molecule has 16 heavy (non-hydrogen) atoms. The van der Waals surface area contributed by atoms with Gasteiger partial charge in [0.25, 0.3) is 0 Å². The van der Waals surface area contributed by atoms with Crippen molar-refractivity contribution < 1.29 is 14.6 Å². The number of rotatable bonds is 2. The Morgan fingerprint density at radius 1 is 1.31 bits per heavy atom. The van der Waals surface area contributed by atoms with Crippen molar-refractivity contribution in [1.29, 1.82) is 0 Å². The molecule has 0 radical (unpaired) electrons. The summed E-state index contributed by atoms with van der Waals surface area (Å²) in [5.41, 5.74) is 1.67. The van der Waals surface area contributed by atoms with E-state index in [1.807, 2.05) is 0 Å². The highest BCUT2D eigenvalue weighted by atomic mass is 16.7. The Hall–Kier alpha value is -0.990. The molecular weight excluding hydrogens is 204 g/mol. The van der Waals surface area contributed by atoms with Crippen molar-refractivity contribution >= 4 is 6.16 Å². The molecule has 1 spiro atoms. The van der Waals surface area contributed by atoms with Crippen molar-refractivity contribution in [2.24, 2.45) is 5.41 Å². The molecule has 0 aromatic carbocycles. The van der Waals surface area contributed by atoms with E-state index in [1.165, 1.54) is 44.1 Å². The molecule has 90 valence electrons. The molecule has 0 aromatic heterocycles. The highest BCUT2D eigenvalue weighted by molar-refractivity contribution is 5.57. The van der Waals surface area contributed by atoms with Crippen molar-refractivity contribution in [3.63, 3.8) is 0 Å². The van der Waals surface area contributed by atoms with Crippen LogP contribution in [0.3, 0.4) is 0 Å². The molecule has 1 saturated carbocycles. The molecule has 2 aliphatic rings. The van der Waals surface area contributed by atoms with Crippen LogP contribution in [0.4, 0.5) is 4.79 Å². The summed E-state index contributed by atoms with van der Waals surface area (Å²) in [4.78, 5) is 10.4. The quantitative estimate of drug-likeness (QED) is 0.574. The first-order valence-corrected chi connectivity index (χ1v) is 6.24. The van der Waals surface area contributed by atoms with Gasteiger partial charge in [-0.25, -0.2) is 4.79 Å². The minimum absolute atomic E-state index is 0.275. The van der Waals surface area contributed by atoms with E-state index >= 15 is 0 Å². The van der Waals surface area contributed by atoms with Gasteiger partial charge in [-0.15, -0.1) is 0 Å². The fraction of sp³-hybridized carbons (Fsp3) is 0.769. The second-order valence-corrected chi connectivity index (χ2v) is 5.19. The van der Waals surface area contributed by atoms with E-state index in [4.69, 9.17) is 5.11 Å². The van der Waals surface area contributed by atoms with E-state index in [9.17, 15) is 4.79 Å². The summed E-state index contributed by atoms with van der Waals surface area (Å²) in [6.07, 6.45) is 11.1. The van der Waals surface area contributed by atoms with Crippen LogP contribution in [-0.4, -0.2) is 17.9 Å². The number of hydrogen-bond acceptors (Lipinski definition) is 2. The Morgan fingerprint density at radius 2 is 2.06 bits per heavy atom. The van der Waals surface area contributed by atoms with Gasteiger partial charge in [-0.2, -0.15) is 0 Å². The summed E-state index contributed by atoms with van der Waals surface area (Å²) in [5.74, 6) is 0. The Balaban J connectivity index is 1.91. The van der Waals surface area contributed by atoms with E-state index in [2.05, 4.69) is 10.8 Å². The van der Waals surface area contributed by atoms with Crippen LogP contribution in [0.1, 0.15) is 51.4 Å². The number of ether oxygens (including phenoxy) is 1. The molecule has 1 fully saturated rings. The van der Waals surface area contributed by atoms with Crippen LogP contribution < -0.4 is 0 Å². The number of allylic oxidation sites excluding steroid dienone is 1. The third-order valence-corrected chi connectivity index (χ3v) is 4.00. The maximum Gasteiger partial charge on any atom is 0.506 e. The molecule has 0 saturated heterocycles. The fourth-order valence-corrected chi connectivity index (χ4v) is 3.22. The van der Waals surface area contributed by atoms with Gasteiger partial charge in [0, 0.05) is 0 Å². The monoisotopic (exact) mass is 224 g/mol. The van der Waals surface area contributed by atoms with Gasteiger partial charge in [-0.3, -0.25) is 0 Å². The summed E-state index contributed by atoms with van der Waals surface area (Å²) in [6, 6.07) is 0. The molecule has 2 rings (SSSR count). The summed E-state index contributed by atoms with van der Waals surface area (Å²) >= 11 is 0. The first kappa shape index (κ1) is 11.5. The van der Waals surface area contributed by atoms with Crippen LogP contribution in [0.5, 0.6) is 0 Å². The van der Waals surface area contributed by atoms with Gasteiger partial charge >= 0.3 is 6.16 Å². The summed E-state index contributed by atoms with van der Waals surface area (Å²) in [7, 11) is 0. The number of carboxylic acid groups (broad SMARTS) is 1. The molecule has 1 N–H and O–H groups in total. The van der Waals surface area contributed by atoms with Gasteiger partial charge in [0.2, 0.25) is 0 Å². The van der Waals surface area contributed by atoms with Crippen LogP contribution in [-0.2, 0) is 4.74 Å². The second-order valence-electron chi connectivity index (χ2n) is 5.19. The molecular formula is C13H20O3. The Labute approximate surface area is 96.5 Å². The van der Waals surface area contributed by atoms with Crippen molar-refractivity contribution in [2.45, 2.75) is 51.4 Å². The van der Waals surface area contributed by atoms with Crippen molar-refractivity contribution in [2.75, 3.05) is 6.61 Å². The van der Waals surface area contributed by atoms with E-state index in [-0.39, 0.29) is 6.61 Å². The normalized spacial score (nSPS) is 23.9. The first-order valence-electron chi connectivity index (χ1n) is 6.24. The largest absolute Gasteiger partial charge is 0.506 e. The van der Waals surface area contributed by atoms with Gasteiger partial charge in [-0.1, -0.05) is 25.3 Å². The minimum atomic E-state index is -1.16. The van der Waals surface area contributed by atoms with Crippen molar-refractivity contribution in [3.05, 3.63) is 11.6 Å². The molecule has 3 heteroatoms. The molecule has 0 bridgehead atoms. The zero-order valence-corrected chi connectivity index (χ0v) is 9.71. The maximum atomic E-state index is 10.4. The highest BCUT2D eigenvalue weighted by Gasteiger charge is 2.34. The fourth-order valence-electron chi connectivity index (χ4n) is 3.22. The molecule has 0 heterocycles. The number of carbonyl (C=O) groups is 1. The average molecular weight is 224 g/mol. The molecule has 0 amide bonds. The molecule has 0 unspecified atom stereocenters. The molecule has 0 atom stereocenters. The Kier molecular flexibility index (Phi) is 3.52. The van der Waals surface area contributed by atoms with Crippen LogP contribution >= 0.6 is 0 Å². The van der Waals surface area contributed by atoms with E-state index in [0.29, 0.717) is 5.41 Å². The van der Waals surface area contributed by atoms with Gasteiger partial charge in [0.05, 0.1) is 0 Å². The van der Waals surface area contributed by atoms with Crippen LogP contribution in [0, 0.1) is 5.41 Å². The summed E-state index contributed by atoms with van der Waals surface area (Å²) in [5, 5.41) is 8.50. The van der Waals surface area contributed by atoms with Gasteiger partial charge < -0.3 is 9.84 Å². The number of hydrogen-bond donors (Lipinski definition) is 1. The summed E-state index contributed by atoms with van der Waals surface area (Å²) in [6.45, 7) is 0.275. The SMILES string of the molecule is O=C(O)OCC1=CCCC2(CCCCC2)C1. The smallest absolute Gasteiger partial charge is 0.450 e. The Morgan fingerprint density at radius 3 is 2.75 bits per heavy atom. The topological polar surface area (TPSA) is 46.5 Å². The van der Waals surface area contributed by atoms with Crippen LogP contribution in [0.2, 0.25) is 0 Å². The predicted octanol–water partition coefficient (Wildman–Crippen LogP) is 3.74. The molecule has 0 aliphatic heterocycles. The van der Waals surface area contributed by atoms with Crippen LogP contribution in [0.25, 0.3) is 0 Å². The van der Waals surface area contributed by atoms with Gasteiger partial charge in [0.1, 0.15) is 6.61 Å². The summed E-state index contributed by atoms with van der Waals surface area (Å²) < 4.78 is 4.66. The maximum absolute atomic E-state index is 10.4. The lowest BCUT2D eigenvalue weighted by Gasteiger charge is -2.40. The lowest BCUT2D eigenvalue weighted by Crippen LogP contribution is -2.28. The van der Waals surface area contributed by atoms with Gasteiger partial charge in [-0.05, 0) is 43.1 Å². The zero-order chi connectivity index (χ0) is 11.4. The predicted molar refractivity (Wildman–Crippen MR) is 61.4 cm³/mol. The average Bonchev–Trinajstić information content (AvgIpc) is 2.28. The lowest BCUT2D eigenvalue weighted by atomic mass is 9.65. The lowest BCUT2D eigenvalue weighted by molar-refractivity contribution is 0.0927. The third-order valence-electron chi connectivity index (χ3n) is 4.00. The highest BCUT2D eigenvalue weighted by Crippen LogP contribution is 2.47.